The molecule has 1 saturated heterocycles. The van der Waals surface area contributed by atoms with E-state index in [0.29, 0.717) is 25.3 Å². The molecule has 0 aromatic heterocycles. The Morgan fingerprint density at radius 3 is 2.35 bits per heavy atom. The number of nitrogens with zero attached hydrogens (tertiary/aromatic N) is 1. The molecule has 4 nitrogen and oxygen atoms in total. The van der Waals surface area contributed by atoms with Gasteiger partial charge in [-0.05, 0) is 17.7 Å². The lowest BCUT2D eigenvalue weighted by molar-refractivity contribution is -0.274. The number of alkyl halides is 3. The summed E-state index contributed by atoms with van der Waals surface area (Å²) < 4.78 is 45.0. The van der Waals surface area contributed by atoms with Crippen LogP contribution in [0.1, 0.15) is 11.7 Å². The molecular weight excluding hydrogens is 275 g/mol. The molecule has 0 unspecified atom stereocenters. The molecular formula is C13H16F3NO3. The van der Waals surface area contributed by atoms with Gasteiger partial charge >= 0.3 is 6.36 Å². The van der Waals surface area contributed by atoms with Gasteiger partial charge in [-0.25, -0.2) is 0 Å². The second-order valence-electron chi connectivity index (χ2n) is 4.55. The first-order valence-electron chi connectivity index (χ1n) is 6.28. The molecule has 0 saturated carbocycles. The Morgan fingerprint density at radius 2 is 1.80 bits per heavy atom. The minimum absolute atomic E-state index is 0.292. The first-order chi connectivity index (χ1) is 9.44. The zero-order valence-corrected chi connectivity index (χ0v) is 10.8. The number of rotatable bonds is 4. The van der Waals surface area contributed by atoms with Crippen molar-refractivity contribution in [3.63, 3.8) is 0 Å². The van der Waals surface area contributed by atoms with E-state index < -0.39 is 12.5 Å². The fourth-order valence-electron chi connectivity index (χ4n) is 2.03. The Hall–Kier alpha value is -1.31. The van der Waals surface area contributed by atoms with Crippen LogP contribution in [0.15, 0.2) is 24.3 Å². The Bertz CT molecular complexity index is 416. The van der Waals surface area contributed by atoms with Gasteiger partial charge in [0.05, 0.1) is 19.3 Å². The number of benzene rings is 1. The minimum atomic E-state index is -4.70. The molecule has 0 radical (unpaired) electrons. The van der Waals surface area contributed by atoms with Gasteiger partial charge in [0.2, 0.25) is 0 Å². The Balaban J connectivity index is 1.91. The van der Waals surface area contributed by atoms with Crippen LogP contribution in [-0.2, 0) is 4.74 Å². The number of morpholine rings is 1. The number of aliphatic hydroxyl groups excluding tert-OH is 1. The summed E-state index contributed by atoms with van der Waals surface area (Å²) >= 11 is 0. The predicted molar refractivity (Wildman–Crippen MR) is 65.3 cm³/mol. The van der Waals surface area contributed by atoms with Gasteiger partial charge in [0.1, 0.15) is 5.75 Å². The quantitative estimate of drug-likeness (QED) is 0.920. The molecule has 20 heavy (non-hydrogen) atoms. The number of hydrogen-bond acceptors (Lipinski definition) is 4. The average Bonchev–Trinajstić information content (AvgIpc) is 2.39. The van der Waals surface area contributed by atoms with Crippen LogP contribution in [0.2, 0.25) is 0 Å². The van der Waals surface area contributed by atoms with Crippen LogP contribution >= 0.6 is 0 Å². The molecule has 0 amide bonds. The summed E-state index contributed by atoms with van der Waals surface area (Å²) in [4.78, 5) is 2.05. The van der Waals surface area contributed by atoms with Gasteiger partial charge in [-0.3, -0.25) is 4.90 Å². The van der Waals surface area contributed by atoms with Crippen molar-refractivity contribution in [1.29, 1.82) is 0 Å². The lowest BCUT2D eigenvalue weighted by Crippen LogP contribution is -2.38. The second kappa shape index (κ2) is 6.43. The van der Waals surface area contributed by atoms with Crippen LogP contribution in [-0.4, -0.2) is 49.2 Å². The predicted octanol–water partition coefficient (Wildman–Crippen LogP) is 1.95. The average molecular weight is 291 g/mol. The van der Waals surface area contributed by atoms with Crippen LogP contribution in [0.5, 0.6) is 5.75 Å². The van der Waals surface area contributed by atoms with E-state index in [1.54, 1.807) is 0 Å². The number of hydrogen-bond donors (Lipinski definition) is 1. The van der Waals surface area contributed by atoms with E-state index in [9.17, 15) is 18.3 Å². The van der Waals surface area contributed by atoms with E-state index in [4.69, 9.17) is 4.74 Å². The van der Waals surface area contributed by atoms with E-state index in [2.05, 4.69) is 4.74 Å². The molecule has 1 aromatic carbocycles. The Kier molecular flexibility index (Phi) is 4.85. The smallest absolute Gasteiger partial charge is 0.406 e. The Labute approximate surface area is 114 Å². The first-order valence-corrected chi connectivity index (χ1v) is 6.28. The normalized spacial score (nSPS) is 18.8. The molecule has 1 aromatic rings. The van der Waals surface area contributed by atoms with Gasteiger partial charge < -0.3 is 14.6 Å². The molecule has 1 atom stereocenters. The van der Waals surface area contributed by atoms with E-state index in [-0.39, 0.29) is 5.75 Å². The maximum absolute atomic E-state index is 12.0. The fourth-order valence-corrected chi connectivity index (χ4v) is 2.03. The van der Waals surface area contributed by atoms with Crippen molar-refractivity contribution in [2.24, 2.45) is 0 Å². The van der Waals surface area contributed by atoms with Gasteiger partial charge in [0, 0.05) is 19.6 Å². The van der Waals surface area contributed by atoms with E-state index in [1.165, 1.54) is 24.3 Å². The van der Waals surface area contributed by atoms with Crippen molar-refractivity contribution in [2.45, 2.75) is 12.5 Å². The summed E-state index contributed by atoms with van der Waals surface area (Å²) in [6.45, 7) is 3.18. The summed E-state index contributed by atoms with van der Waals surface area (Å²) in [5.74, 6) is -0.292. The SMILES string of the molecule is O[C@H](CN1CCOCC1)c1ccc(OC(F)(F)F)cc1. The summed E-state index contributed by atoms with van der Waals surface area (Å²) in [5, 5.41) is 10.1. The second-order valence-corrected chi connectivity index (χ2v) is 4.55. The Morgan fingerprint density at radius 1 is 1.20 bits per heavy atom. The van der Waals surface area contributed by atoms with Crippen molar-refractivity contribution < 1.29 is 27.8 Å². The van der Waals surface area contributed by atoms with Crippen LogP contribution < -0.4 is 4.74 Å². The highest BCUT2D eigenvalue weighted by atomic mass is 19.4. The molecule has 1 aliphatic rings. The van der Waals surface area contributed by atoms with E-state index >= 15 is 0 Å². The molecule has 1 aliphatic heterocycles. The van der Waals surface area contributed by atoms with Crippen LogP contribution in [0, 0.1) is 0 Å². The van der Waals surface area contributed by atoms with E-state index in [1.807, 2.05) is 4.90 Å². The van der Waals surface area contributed by atoms with Gasteiger partial charge in [0.15, 0.2) is 0 Å². The molecule has 2 rings (SSSR count). The summed E-state index contributed by atoms with van der Waals surface area (Å²) in [5.41, 5.74) is 0.561. The van der Waals surface area contributed by atoms with Crippen molar-refractivity contribution in [3.05, 3.63) is 29.8 Å². The van der Waals surface area contributed by atoms with Crippen LogP contribution in [0.4, 0.5) is 13.2 Å². The van der Waals surface area contributed by atoms with Crippen molar-refractivity contribution in [3.8, 4) is 5.75 Å². The van der Waals surface area contributed by atoms with Crippen LogP contribution in [0.3, 0.4) is 0 Å². The van der Waals surface area contributed by atoms with E-state index in [0.717, 1.165) is 13.1 Å². The van der Waals surface area contributed by atoms with Gasteiger partial charge in [-0.1, -0.05) is 12.1 Å². The third kappa shape index (κ3) is 4.66. The van der Waals surface area contributed by atoms with Crippen molar-refractivity contribution in [2.75, 3.05) is 32.8 Å². The monoisotopic (exact) mass is 291 g/mol. The highest BCUT2D eigenvalue weighted by molar-refractivity contribution is 5.28. The molecule has 1 fully saturated rings. The standard InChI is InChI=1S/C13H16F3NO3/c14-13(15,16)20-11-3-1-10(2-4-11)12(18)9-17-5-7-19-8-6-17/h1-4,12,18H,5-9H2/t12-/m1/s1. The maximum atomic E-state index is 12.0. The molecule has 7 heteroatoms. The van der Waals surface area contributed by atoms with Crippen LogP contribution in [0.25, 0.3) is 0 Å². The number of β-amino-alcohol motifs (C(OH)–C–C–N with tert-alkyl or cyclic N) is 1. The van der Waals surface area contributed by atoms with Crippen molar-refractivity contribution in [1.82, 2.24) is 4.90 Å². The highest BCUT2D eigenvalue weighted by Crippen LogP contribution is 2.24. The topological polar surface area (TPSA) is 41.9 Å². The summed E-state index contributed by atoms with van der Waals surface area (Å²) in [7, 11) is 0. The third-order valence-corrected chi connectivity index (χ3v) is 3.03. The zero-order valence-electron chi connectivity index (χ0n) is 10.8. The number of ether oxygens (including phenoxy) is 2. The molecule has 1 N–H and O–H groups in total. The molecule has 0 spiro atoms. The van der Waals surface area contributed by atoms with Gasteiger partial charge in [-0.2, -0.15) is 0 Å². The molecule has 1 heterocycles. The minimum Gasteiger partial charge on any atom is -0.406 e. The zero-order chi connectivity index (χ0) is 14.6. The third-order valence-electron chi connectivity index (χ3n) is 3.03. The lowest BCUT2D eigenvalue weighted by Gasteiger charge is -2.28. The lowest BCUT2D eigenvalue weighted by atomic mass is 10.1. The first kappa shape index (κ1) is 15.1. The number of halogens is 3. The summed E-state index contributed by atoms with van der Waals surface area (Å²) in [6.07, 6.45) is -5.44. The van der Waals surface area contributed by atoms with Crippen molar-refractivity contribution >= 4 is 0 Å². The number of aliphatic hydroxyl groups is 1. The molecule has 0 aliphatic carbocycles. The maximum Gasteiger partial charge on any atom is 0.573 e. The summed E-state index contributed by atoms with van der Waals surface area (Å²) in [6, 6.07) is 5.27. The fraction of sp³-hybridized carbons (Fsp3) is 0.538. The van der Waals surface area contributed by atoms with Gasteiger partial charge in [0.25, 0.3) is 0 Å². The largest absolute Gasteiger partial charge is 0.573 e. The molecule has 0 bridgehead atoms. The van der Waals surface area contributed by atoms with Gasteiger partial charge in [-0.15, -0.1) is 13.2 Å². The molecule has 112 valence electrons. The highest BCUT2D eigenvalue weighted by Gasteiger charge is 2.31.